The van der Waals surface area contributed by atoms with Crippen LogP contribution in [-0.4, -0.2) is 31.0 Å². The number of ketones is 1. The highest BCUT2D eigenvalue weighted by Crippen LogP contribution is 2.43. The lowest BCUT2D eigenvalue weighted by Crippen LogP contribution is -2.30. The van der Waals surface area contributed by atoms with E-state index in [0.29, 0.717) is 5.75 Å². The van der Waals surface area contributed by atoms with Crippen LogP contribution in [-0.2, 0) is 9.59 Å². The van der Waals surface area contributed by atoms with Crippen LogP contribution in [0.15, 0.2) is 66.2 Å². The number of aliphatic hydroxyl groups is 1. The Bertz CT molecular complexity index is 1320. The van der Waals surface area contributed by atoms with E-state index in [2.05, 4.69) is 0 Å². The SMILES string of the molecule is COc1ccc(/C(O)=C2\C(=O)C(=O)N(c3cc(F)ccc3F)C2c2ccc(F)cc2)cc1OC. The number of amides is 1. The minimum atomic E-state index is -1.36. The third-order valence-corrected chi connectivity index (χ3v) is 5.45. The number of hydrogen-bond acceptors (Lipinski definition) is 5. The highest BCUT2D eigenvalue weighted by Gasteiger charge is 2.47. The highest BCUT2D eigenvalue weighted by molar-refractivity contribution is 6.51. The van der Waals surface area contributed by atoms with Crippen molar-refractivity contribution in [3.8, 4) is 11.5 Å². The van der Waals surface area contributed by atoms with E-state index >= 15 is 0 Å². The minimum Gasteiger partial charge on any atom is -0.507 e. The van der Waals surface area contributed by atoms with Crippen LogP contribution in [0.2, 0.25) is 0 Å². The average Bonchev–Trinajstić information content (AvgIpc) is 3.10. The number of benzene rings is 3. The molecule has 174 valence electrons. The van der Waals surface area contributed by atoms with E-state index in [4.69, 9.17) is 9.47 Å². The van der Waals surface area contributed by atoms with E-state index < -0.39 is 46.6 Å². The van der Waals surface area contributed by atoms with Gasteiger partial charge in [0, 0.05) is 11.6 Å². The molecule has 0 aliphatic carbocycles. The number of hydrogen-bond donors (Lipinski definition) is 1. The Labute approximate surface area is 192 Å². The average molecular weight is 469 g/mol. The van der Waals surface area contributed by atoms with Crippen LogP contribution in [0.5, 0.6) is 11.5 Å². The Morgan fingerprint density at radius 3 is 2.15 bits per heavy atom. The van der Waals surface area contributed by atoms with Crippen molar-refractivity contribution in [3.63, 3.8) is 0 Å². The van der Waals surface area contributed by atoms with Gasteiger partial charge >= 0.3 is 0 Å². The molecule has 1 aliphatic heterocycles. The van der Waals surface area contributed by atoms with Gasteiger partial charge in [-0.2, -0.15) is 0 Å². The monoisotopic (exact) mass is 469 g/mol. The Morgan fingerprint density at radius 2 is 1.50 bits per heavy atom. The maximum absolute atomic E-state index is 14.7. The first-order valence-corrected chi connectivity index (χ1v) is 10.0. The van der Waals surface area contributed by atoms with Gasteiger partial charge < -0.3 is 14.6 Å². The largest absolute Gasteiger partial charge is 0.507 e. The maximum atomic E-state index is 14.7. The van der Waals surface area contributed by atoms with E-state index in [1.54, 1.807) is 0 Å². The Hall–Kier alpha value is -4.27. The van der Waals surface area contributed by atoms with Crippen LogP contribution in [0.1, 0.15) is 17.2 Å². The first-order chi connectivity index (χ1) is 16.3. The topological polar surface area (TPSA) is 76.1 Å². The quantitative estimate of drug-likeness (QED) is 0.332. The normalized spacial score (nSPS) is 17.2. The smallest absolute Gasteiger partial charge is 0.300 e. The van der Waals surface area contributed by atoms with Crippen molar-refractivity contribution in [3.05, 3.63) is 94.8 Å². The van der Waals surface area contributed by atoms with Crippen molar-refractivity contribution in [2.24, 2.45) is 0 Å². The molecule has 9 heteroatoms. The molecule has 1 heterocycles. The van der Waals surface area contributed by atoms with Crippen molar-refractivity contribution < 1.29 is 37.3 Å². The van der Waals surface area contributed by atoms with Crippen LogP contribution in [0.4, 0.5) is 18.9 Å². The molecule has 1 atom stereocenters. The molecule has 1 amide bonds. The minimum absolute atomic E-state index is 0.113. The van der Waals surface area contributed by atoms with Gasteiger partial charge in [-0.3, -0.25) is 14.5 Å². The van der Waals surface area contributed by atoms with Gasteiger partial charge in [0.15, 0.2) is 11.5 Å². The van der Waals surface area contributed by atoms with Gasteiger partial charge in [0.1, 0.15) is 23.2 Å². The van der Waals surface area contributed by atoms with E-state index in [-0.39, 0.29) is 22.4 Å². The van der Waals surface area contributed by atoms with Crippen molar-refractivity contribution >= 4 is 23.1 Å². The number of nitrogens with zero attached hydrogens (tertiary/aromatic N) is 1. The fourth-order valence-corrected chi connectivity index (χ4v) is 3.85. The van der Waals surface area contributed by atoms with Crippen LogP contribution in [0.25, 0.3) is 5.76 Å². The van der Waals surface area contributed by atoms with Gasteiger partial charge in [-0.1, -0.05) is 12.1 Å². The number of Topliss-reactive ketones (excluding diaryl/α,β-unsaturated/α-hetero) is 1. The number of carbonyl (C=O) groups is 2. The molecule has 1 saturated heterocycles. The van der Waals surface area contributed by atoms with Gasteiger partial charge in [-0.25, -0.2) is 13.2 Å². The van der Waals surface area contributed by atoms with Crippen LogP contribution in [0.3, 0.4) is 0 Å². The lowest BCUT2D eigenvalue weighted by Gasteiger charge is -2.25. The number of aliphatic hydroxyl groups excluding tert-OH is 1. The molecule has 1 unspecified atom stereocenters. The van der Waals surface area contributed by atoms with Gasteiger partial charge in [0.25, 0.3) is 11.7 Å². The van der Waals surface area contributed by atoms with Crippen molar-refractivity contribution in [1.29, 1.82) is 0 Å². The molecule has 0 saturated carbocycles. The zero-order valence-electron chi connectivity index (χ0n) is 18.0. The number of methoxy groups -OCH3 is 2. The molecule has 0 radical (unpaired) electrons. The van der Waals surface area contributed by atoms with Crippen LogP contribution < -0.4 is 14.4 Å². The molecule has 1 aliphatic rings. The molecule has 0 aromatic heterocycles. The number of anilines is 1. The summed E-state index contributed by atoms with van der Waals surface area (Å²) in [4.78, 5) is 26.8. The zero-order valence-corrected chi connectivity index (χ0v) is 18.0. The Morgan fingerprint density at radius 1 is 0.853 bits per heavy atom. The predicted octanol–water partition coefficient (Wildman–Crippen LogP) is 4.75. The molecule has 1 N–H and O–H groups in total. The second-order valence-corrected chi connectivity index (χ2v) is 7.39. The third kappa shape index (κ3) is 3.85. The molecule has 34 heavy (non-hydrogen) atoms. The van der Waals surface area contributed by atoms with Crippen LogP contribution >= 0.6 is 0 Å². The van der Waals surface area contributed by atoms with Crippen molar-refractivity contribution in [2.75, 3.05) is 19.1 Å². The summed E-state index contributed by atoms with van der Waals surface area (Å²) in [5.41, 5.74) is -0.566. The molecule has 3 aromatic carbocycles. The Balaban J connectivity index is 1.97. The summed E-state index contributed by atoms with van der Waals surface area (Å²) in [6.45, 7) is 0. The second kappa shape index (κ2) is 8.93. The lowest BCUT2D eigenvalue weighted by atomic mass is 9.95. The summed E-state index contributed by atoms with van der Waals surface area (Å²) in [5.74, 6) is -4.65. The maximum Gasteiger partial charge on any atom is 0.300 e. The van der Waals surface area contributed by atoms with E-state index in [0.717, 1.165) is 35.2 Å². The number of ether oxygens (including phenoxy) is 2. The summed E-state index contributed by atoms with van der Waals surface area (Å²) in [7, 11) is 2.80. The standard InChI is InChI=1S/C25H18F3NO5/c1-33-19-10-5-14(11-20(19)34-2)23(30)21-22(13-3-6-15(26)7-4-13)29(25(32)24(21)31)18-12-16(27)8-9-17(18)28/h3-12,22,30H,1-2H3/b23-21+. The van der Waals surface area contributed by atoms with E-state index in [9.17, 15) is 27.9 Å². The molecule has 6 nitrogen and oxygen atoms in total. The van der Waals surface area contributed by atoms with E-state index in [1.807, 2.05) is 0 Å². The molecule has 0 bridgehead atoms. The predicted molar refractivity (Wildman–Crippen MR) is 117 cm³/mol. The molecule has 1 fully saturated rings. The molecule has 4 rings (SSSR count). The lowest BCUT2D eigenvalue weighted by molar-refractivity contribution is -0.132. The summed E-state index contributed by atoms with van der Waals surface area (Å²) in [6.07, 6.45) is 0. The molecule has 0 spiro atoms. The Kier molecular flexibility index (Phi) is 6.02. The van der Waals surface area contributed by atoms with Gasteiger partial charge in [-0.15, -0.1) is 0 Å². The fraction of sp³-hybridized carbons (Fsp3) is 0.120. The van der Waals surface area contributed by atoms with Crippen molar-refractivity contribution in [2.45, 2.75) is 6.04 Å². The summed E-state index contributed by atoms with van der Waals surface area (Å²) >= 11 is 0. The van der Waals surface area contributed by atoms with Crippen molar-refractivity contribution in [1.82, 2.24) is 0 Å². The van der Waals surface area contributed by atoms with Gasteiger partial charge in [0.05, 0.1) is 31.5 Å². The molecular weight excluding hydrogens is 451 g/mol. The summed E-state index contributed by atoms with van der Waals surface area (Å²) in [6, 6.07) is 10.2. The number of halogens is 3. The van der Waals surface area contributed by atoms with E-state index in [1.165, 1.54) is 44.6 Å². The van der Waals surface area contributed by atoms with Gasteiger partial charge in [0.2, 0.25) is 0 Å². The summed E-state index contributed by atoms with van der Waals surface area (Å²) < 4.78 is 52.6. The fourth-order valence-electron chi connectivity index (χ4n) is 3.85. The summed E-state index contributed by atoms with van der Waals surface area (Å²) in [5, 5.41) is 11.1. The molecule has 3 aromatic rings. The van der Waals surface area contributed by atoms with Crippen LogP contribution in [0, 0.1) is 17.5 Å². The van der Waals surface area contributed by atoms with Gasteiger partial charge in [-0.05, 0) is 48.0 Å². The first kappa shape index (κ1) is 22.9. The first-order valence-electron chi connectivity index (χ1n) is 10.0. The molecular formula is C25H18F3NO5. The third-order valence-electron chi connectivity index (χ3n) is 5.45. The highest BCUT2D eigenvalue weighted by atomic mass is 19.1. The second-order valence-electron chi connectivity index (χ2n) is 7.39. The number of rotatable bonds is 5. The zero-order chi connectivity index (χ0) is 24.6. The number of carbonyl (C=O) groups excluding carboxylic acids is 2.